The number of ether oxygens (including phenoxy) is 1. The number of nitro groups is 1. The molecule has 8 heteroatoms. The minimum absolute atomic E-state index is 0.0329. The van der Waals surface area contributed by atoms with Gasteiger partial charge < -0.3 is 4.74 Å². The topological polar surface area (TPSA) is 95.2 Å². The maximum absolute atomic E-state index is 12.3. The summed E-state index contributed by atoms with van der Waals surface area (Å²) in [5.74, 6) is -0.423. The fourth-order valence-electron chi connectivity index (χ4n) is 2.74. The molecular formula is C21H12ClN3O4. The SMILES string of the molecule is O=C(Oc1ccc(-c2cnc3ccccc3n2)cc1)c1ccc(Cl)c([N+](=O)[O-])c1. The minimum Gasteiger partial charge on any atom is -0.423 e. The van der Waals surface area contributed by atoms with E-state index in [1.165, 1.54) is 12.1 Å². The minimum atomic E-state index is -0.719. The molecule has 0 fully saturated rings. The van der Waals surface area contributed by atoms with Crippen LogP contribution in [0.2, 0.25) is 5.02 Å². The van der Waals surface area contributed by atoms with E-state index in [1.807, 2.05) is 24.3 Å². The summed E-state index contributed by atoms with van der Waals surface area (Å²) in [6.45, 7) is 0. The third-order valence-electron chi connectivity index (χ3n) is 4.19. The number of nitro benzene ring substituents is 1. The van der Waals surface area contributed by atoms with Crippen LogP contribution >= 0.6 is 11.6 Å². The van der Waals surface area contributed by atoms with Gasteiger partial charge in [0.2, 0.25) is 0 Å². The first kappa shape index (κ1) is 18.5. The average molecular weight is 406 g/mol. The summed E-state index contributed by atoms with van der Waals surface area (Å²) < 4.78 is 5.30. The molecule has 0 saturated carbocycles. The Kier molecular flexibility index (Phi) is 4.88. The van der Waals surface area contributed by atoms with E-state index in [0.29, 0.717) is 11.4 Å². The number of hydrogen-bond donors (Lipinski definition) is 0. The summed E-state index contributed by atoms with van der Waals surface area (Å²) in [5.41, 5.74) is 2.76. The molecule has 0 spiro atoms. The highest BCUT2D eigenvalue weighted by atomic mass is 35.5. The Morgan fingerprint density at radius 2 is 1.72 bits per heavy atom. The van der Waals surface area contributed by atoms with Gasteiger partial charge in [0, 0.05) is 11.6 Å². The molecule has 7 nitrogen and oxygen atoms in total. The largest absolute Gasteiger partial charge is 0.423 e. The number of carbonyl (C=O) groups is 1. The normalized spacial score (nSPS) is 10.7. The van der Waals surface area contributed by atoms with Gasteiger partial charge in [-0.3, -0.25) is 15.1 Å². The summed E-state index contributed by atoms with van der Waals surface area (Å²) in [4.78, 5) is 31.6. The number of fused-ring (bicyclic) bond motifs is 1. The van der Waals surface area contributed by atoms with Crippen molar-refractivity contribution in [2.24, 2.45) is 0 Å². The second kappa shape index (κ2) is 7.65. The van der Waals surface area contributed by atoms with Crippen LogP contribution in [-0.4, -0.2) is 20.9 Å². The monoisotopic (exact) mass is 405 g/mol. The lowest BCUT2D eigenvalue weighted by Crippen LogP contribution is -2.09. The van der Waals surface area contributed by atoms with Crippen LogP contribution in [0.1, 0.15) is 10.4 Å². The van der Waals surface area contributed by atoms with Crippen molar-refractivity contribution in [3.05, 3.63) is 93.6 Å². The Hall–Kier alpha value is -3.84. The smallest absolute Gasteiger partial charge is 0.343 e. The van der Waals surface area contributed by atoms with Gasteiger partial charge in [0.15, 0.2) is 0 Å². The van der Waals surface area contributed by atoms with Gasteiger partial charge in [-0.15, -0.1) is 0 Å². The summed E-state index contributed by atoms with van der Waals surface area (Å²) in [7, 11) is 0. The standard InChI is InChI=1S/C21H12ClN3O4/c22-16-10-7-14(11-20(16)25(27)28)21(26)29-15-8-5-13(6-9-15)19-12-23-17-3-1-2-4-18(17)24-19/h1-12H. The van der Waals surface area contributed by atoms with E-state index in [4.69, 9.17) is 16.3 Å². The summed E-state index contributed by atoms with van der Waals surface area (Å²) in [5, 5.41) is 10.9. The van der Waals surface area contributed by atoms with Gasteiger partial charge in [-0.05, 0) is 48.5 Å². The number of halogens is 1. The van der Waals surface area contributed by atoms with E-state index in [1.54, 1.807) is 30.5 Å². The molecule has 0 amide bonds. The van der Waals surface area contributed by atoms with Crippen molar-refractivity contribution < 1.29 is 14.5 Å². The molecule has 0 aliphatic carbocycles. The van der Waals surface area contributed by atoms with E-state index < -0.39 is 10.9 Å². The molecule has 0 bridgehead atoms. The number of rotatable bonds is 4. The lowest BCUT2D eigenvalue weighted by atomic mass is 10.1. The summed E-state index contributed by atoms with van der Waals surface area (Å²) >= 11 is 5.76. The number of esters is 1. The van der Waals surface area contributed by atoms with E-state index >= 15 is 0 Å². The van der Waals surface area contributed by atoms with E-state index in [9.17, 15) is 14.9 Å². The Morgan fingerprint density at radius 1 is 1.00 bits per heavy atom. The number of carbonyl (C=O) groups excluding carboxylic acids is 1. The van der Waals surface area contributed by atoms with E-state index in [-0.39, 0.29) is 16.3 Å². The number of para-hydroxylation sites is 2. The van der Waals surface area contributed by atoms with Gasteiger partial charge in [-0.1, -0.05) is 23.7 Å². The van der Waals surface area contributed by atoms with Crippen molar-refractivity contribution in [1.29, 1.82) is 0 Å². The van der Waals surface area contributed by atoms with E-state index in [0.717, 1.165) is 22.7 Å². The van der Waals surface area contributed by atoms with Crippen molar-refractivity contribution in [2.45, 2.75) is 0 Å². The quantitative estimate of drug-likeness (QED) is 0.203. The zero-order chi connectivity index (χ0) is 20.4. The predicted octanol–water partition coefficient (Wildman–Crippen LogP) is 5.08. The highest BCUT2D eigenvalue weighted by Crippen LogP contribution is 2.26. The second-order valence-corrected chi connectivity index (χ2v) is 6.49. The van der Waals surface area contributed by atoms with Crippen LogP contribution in [0.15, 0.2) is 72.9 Å². The fourth-order valence-corrected chi connectivity index (χ4v) is 2.92. The third kappa shape index (κ3) is 3.90. The molecule has 0 saturated heterocycles. The first-order chi connectivity index (χ1) is 14.0. The molecule has 4 rings (SSSR count). The Labute approximate surface area is 169 Å². The number of nitrogens with zero attached hydrogens (tertiary/aromatic N) is 3. The predicted molar refractivity (Wildman–Crippen MR) is 108 cm³/mol. The molecular weight excluding hydrogens is 394 g/mol. The van der Waals surface area contributed by atoms with Crippen molar-refractivity contribution in [2.75, 3.05) is 0 Å². The molecule has 4 aromatic rings. The maximum Gasteiger partial charge on any atom is 0.343 e. The van der Waals surface area contributed by atoms with Gasteiger partial charge in [-0.25, -0.2) is 9.78 Å². The van der Waals surface area contributed by atoms with Crippen molar-refractivity contribution in [1.82, 2.24) is 9.97 Å². The molecule has 0 aliphatic rings. The van der Waals surface area contributed by atoms with Crippen molar-refractivity contribution in [3.63, 3.8) is 0 Å². The molecule has 3 aromatic carbocycles. The van der Waals surface area contributed by atoms with Crippen LogP contribution in [0.3, 0.4) is 0 Å². The first-order valence-corrected chi connectivity index (χ1v) is 8.87. The molecule has 0 aliphatic heterocycles. The molecule has 0 atom stereocenters. The average Bonchev–Trinajstić information content (AvgIpc) is 2.74. The van der Waals surface area contributed by atoms with Gasteiger partial charge in [0.25, 0.3) is 5.69 Å². The van der Waals surface area contributed by atoms with Crippen LogP contribution in [0.25, 0.3) is 22.3 Å². The highest BCUT2D eigenvalue weighted by Gasteiger charge is 2.17. The van der Waals surface area contributed by atoms with Crippen molar-refractivity contribution in [3.8, 4) is 17.0 Å². The van der Waals surface area contributed by atoms with Gasteiger partial charge >= 0.3 is 5.97 Å². The zero-order valence-corrected chi connectivity index (χ0v) is 15.5. The van der Waals surface area contributed by atoms with Gasteiger partial charge in [-0.2, -0.15) is 0 Å². The highest BCUT2D eigenvalue weighted by molar-refractivity contribution is 6.32. The van der Waals surface area contributed by atoms with Gasteiger partial charge in [0.1, 0.15) is 10.8 Å². The lowest BCUT2D eigenvalue weighted by molar-refractivity contribution is -0.384. The van der Waals surface area contributed by atoms with Crippen LogP contribution < -0.4 is 4.74 Å². The third-order valence-corrected chi connectivity index (χ3v) is 4.51. The molecule has 142 valence electrons. The molecule has 0 N–H and O–H groups in total. The first-order valence-electron chi connectivity index (χ1n) is 8.49. The molecule has 1 aromatic heterocycles. The van der Waals surface area contributed by atoms with Crippen LogP contribution in [0, 0.1) is 10.1 Å². The van der Waals surface area contributed by atoms with Crippen LogP contribution in [0.4, 0.5) is 5.69 Å². The second-order valence-electron chi connectivity index (χ2n) is 6.08. The number of hydrogen-bond acceptors (Lipinski definition) is 6. The van der Waals surface area contributed by atoms with Crippen LogP contribution in [-0.2, 0) is 0 Å². The zero-order valence-electron chi connectivity index (χ0n) is 14.8. The summed E-state index contributed by atoms with van der Waals surface area (Å²) in [6.07, 6.45) is 1.68. The molecule has 0 unspecified atom stereocenters. The Balaban J connectivity index is 1.54. The van der Waals surface area contributed by atoms with Gasteiger partial charge in [0.05, 0.1) is 33.4 Å². The van der Waals surface area contributed by atoms with Crippen LogP contribution in [0.5, 0.6) is 5.75 Å². The lowest BCUT2D eigenvalue weighted by Gasteiger charge is -2.07. The Morgan fingerprint density at radius 3 is 2.45 bits per heavy atom. The van der Waals surface area contributed by atoms with E-state index in [2.05, 4.69) is 9.97 Å². The summed E-state index contributed by atoms with van der Waals surface area (Å²) in [6, 6.07) is 18.1. The number of benzene rings is 3. The molecule has 29 heavy (non-hydrogen) atoms. The maximum atomic E-state index is 12.3. The number of aromatic nitrogens is 2. The molecule has 0 radical (unpaired) electrons. The Bertz CT molecular complexity index is 1240. The molecule has 1 heterocycles. The fraction of sp³-hybridized carbons (Fsp3) is 0. The van der Waals surface area contributed by atoms with Crippen molar-refractivity contribution >= 4 is 34.3 Å².